The molecule has 3 heterocycles. The summed E-state index contributed by atoms with van der Waals surface area (Å²) in [6.45, 7) is 3.55. The lowest BCUT2D eigenvalue weighted by Crippen LogP contribution is -2.22. The summed E-state index contributed by atoms with van der Waals surface area (Å²) in [6, 6.07) is 12.1. The van der Waals surface area contributed by atoms with Crippen LogP contribution in [0.1, 0.15) is 23.6 Å². The normalized spacial score (nSPS) is 15.9. The fourth-order valence-corrected chi connectivity index (χ4v) is 3.76. The molecule has 1 aliphatic heterocycles. The third kappa shape index (κ3) is 3.98. The first-order valence-corrected chi connectivity index (χ1v) is 10.6. The topological polar surface area (TPSA) is 80.4 Å². The molecule has 0 radical (unpaired) electrons. The molecule has 1 aromatic carbocycles. The Hall–Kier alpha value is -2.16. The van der Waals surface area contributed by atoms with Crippen LogP contribution >= 0.6 is 0 Å². The number of aromatic nitrogens is 2. The minimum absolute atomic E-state index is 0.225. The number of hydrogen-bond acceptors (Lipinski definition) is 5. The SMILES string of the molecule is CS(=O)(=O)NCc1cc2n(n1)CCCN(Cc1cc3ccccc3o1)C2. The van der Waals surface area contributed by atoms with E-state index in [0.717, 1.165) is 67.0 Å². The molecule has 0 saturated heterocycles. The molecule has 0 aliphatic carbocycles. The highest BCUT2D eigenvalue weighted by molar-refractivity contribution is 7.88. The van der Waals surface area contributed by atoms with E-state index >= 15 is 0 Å². The number of furan rings is 1. The minimum atomic E-state index is -3.22. The summed E-state index contributed by atoms with van der Waals surface area (Å²) < 4.78 is 33.0. The van der Waals surface area contributed by atoms with Crippen molar-refractivity contribution in [3.63, 3.8) is 0 Å². The van der Waals surface area contributed by atoms with E-state index in [1.165, 1.54) is 0 Å². The number of hydrogen-bond donors (Lipinski definition) is 1. The van der Waals surface area contributed by atoms with Crippen LogP contribution < -0.4 is 4.72 Å². The zero-order chi connectivity index (χ0) is 18.1. The van der Waals surface area contributed by atoms with Gasteiger partial charge in [-0.25, -0.2) is 13.1 Å². The lowest BCUT2D eigenvalue weighted by molar-refractivity contribution is 0.241. The highest BCUT2D eigenvalue weighted by Gasteiger charge is 2.18. The Kier molecular flexibility index (Phi) is 4.56. The van der Waals surface area contributed by atoms with E-state index < -0.39 is 10.0 Å². The molecule has 0 bridgehead atoms. The molecule has 0 atom stereocenters. The Morgan fingerprint density at radius 2 is 2.08 bits per heavy atom. The van der Waals surface area contributed by atoms with Gasteiger partial charge in [-0.05, 0) is 24.6 Å². The van der Waals surface area contributed by atoms with E-state index in [2.05, 4.69) is 26.9 Å². The Balaban J connectivity index is 1.47. The number of fused-ring (bicyclic) bond motifs is 2. The van der Waals surface area contributed by atoms with Gasteiger partial charge in [0, 0.05) is 25.0 Å². The van der Waals surface area contributed by atoms with E-state index in [9.17, 15) is 8.42 Å². The summed E-state index contributed by atoms with van der Waals surface area (Å²) in [5, 5.41) is 5.65. The van der Waals surface area contributed by atoms with Crippen LogP contribution in [0.4, 0.5) is 0 Å². The number of sulfonamides is 1. The smallest absolute Gasteiger partial charge is 0.209 e. The Labute approximate surface area is 152 Å². The van der Waals surface area contributed by atoms with Crippen LogP contribution in [-0.2, 0) is 36.2 Å². The van der Waals surface area contributed by atoms with Crippen molar-refractivity contribution in [2.75, 3.05) is 12.8 Å². The van der Waals surface area contributed by atoms with Crippen molar-refractivity contribution in [2.45, 2.75) is 32.6 Å². The highest BCUT2D eigenvalue weighted by atomic mass is 32.2. The zero-order valence-corrected chi connectivity index (χ0v) is 15.5. The van der Waals surface area contributed by atoms with E-state index in [1.807, 2.05) is 28.9 Å². The maximum absolute atomic E-state index is 11.3. The molecule has 0 spiro atoms. The number of aryl methyl sites for hydroxylation is 1. The second-order valence-corrected chi connectivity index (χ2v) is 8.59. The Morgan fingerprint density at radius 3 is 2.88 bits per heavy atom. The van der Waals surface area contributed by atoms with E-state index in [-0.39, 0.29) is 6.54 Å². The van der Waals surface area contributed by atoms with Gasteiger partial charge in [-0.2, -0.15) is 5.10 Å². The molecular formula is C18H22N4O3S. The van der Waals surface area contributed by atoms with Gasteiger partial charge in [0.25, 0.3) is 0 Å². The molecule has 0 saturated carbocycles. The molecule has 3 aromatic rings. The summed E-state index contributed by atoms with van der Waals surface area (Å²) in [7, 11) is -3.22. The fraction of sp³-hybridized carbons (Fsp3) is 0.389. The third-order valence-electron chi connectivity index (χ3n) is 4.52. The van der Waals surface area contributed by atoms with Gasteiger partial charge in [-0.1, -0.05) is 18.2 Å². The van der Waals surface area contributed by atoms with Gasteiger partial charge in [0.1, 0.15) is 11.3 Å². The maximum atomic E-state index is 11.3. The molecule has 1 aliphatic rings. The Bertz CT molecular complexity index is 989. The lowest BCUT2D eigenvalue weighted by Gasteiger charge is -2.17. The molecule has 8 heteroatoms. The molecule has 0 amide bonds. The van der Waals surface area contributed by atoms with Crippen molar-refractivity contribution >= 4 is 21.0 Å². The second-order valence-electron chi connectivity index (χ2n) is 6.76. The number of para-hydroxylation sites is 1. The standard InChI is InChI=1S/C18H22N4O3S/c1-26(23,24)19-11-15-10-16-12-21(7-4-8-22(16)20-15)13-17-9-14-5-2-3-6-18(14)25-17/h2-3,5-6,9-10,19H,4,7-8,11-13H2,1H3. The van der Waals surface area contributed by atoms with Crippen LogP contribution in [-0.4, -0.2) is 35.9 Å². The number of benzene rings is 1. The van der Waals surface area contributed by atoms with Crippen LogP contribution in [0.25, 0.3) is 11.0 Å². The molecule has 7 nitrogen and oxygen atoms in total. The van der Waals surface area contributed by atoms with Crippen molar-refractivity contribution in [1.29, 1.82) is 0 Å². The van der Waals surface area contributed by atoms with Crippen molar-refractivity contribution in [2.24, 2.45) is 0 Å². The molecule has 4 rings (SSSR count). The lowest BCUT2D eigenvalue weighted by atomic mass is 10.2. The van der Waals surface area contributed by atoms with Crippen molar-refractivity contribution in [1.82, 2.24) is 19.4 Å². The van der Waals surface area contributed by atoms with Crippen molar-refractivity contribution in [3.8, 4) is 0 Å². The van der Waals surface area contributed by atoms with Crippen molar-refractivity contribution in [3.05, 3.63) is 53.5 Å². The summed E-state index contributed by atoms with van der Waals surface area (Å²) in [6.07, 6.45) is 2.15. The van der Waals surface area contributed by atoms with Crippen LogP contribution in [0.5, 0.6) is 0 Å². The largest absolute Gasteiger partial charge is 0.460 e. The third-order valence-corrected chi connectivity index (χ3v) is 5.18. The maximum Gasteiger partial charge on any atom is 0.209 e. The van der Waals surface area contributed by atoms with Gasteiger partial charge in [-0.3, -0.25) is 9.58 Å². The minimum Gasteiger partial charge on any atom is -0.460 e. The van der Waals surface area contributed by atoms with Crippen LogP contribution in [0, 0.1) is 0 Å². The van der Waals surface area contributed by atoms with Gasteiger partial charge in [0.05, 0.1) is 30.7 Å². The number of nitrogens with zero attached hydrogens (tertiary/aromatic N) is 3. The predicted molar refractivity (Wildman–Crippen MR) is 98.9 cm³/mol. The van der Waals surface area contributed by atoms with E-state index in [4.69, 9.17) is 4.42 Å². The average Bonchev–Trinajstić information content (AvgIpc) is 3.11. The molecule has 138 valence electrons. The monoisotopic (exact) mass is 374 g/mol. The summed E-state index contributed by atoms with van der Waals surface area (Å²) in [5.41, 5.74) is 2.76. The van der Waals surface area contributed by atoms with E-state index in [0.29, 0.717) is 0 Å². The highest BCUT2D eigenvalue weighted by Crippen LogP contribution is 2.22. The van der Waals surface area contributed by atoms with Gasteiger partial charge in [0.2, 0.25) is 10.0 Å². The average molecular weight is 374 g/mol. The summed E-state index contributed by atoms with van der Waals surface area (Å²) >= 11 is 0. The first-order chi connectivity index (χ1) is 12.5. The number of rotatable bonds is 5. The zero-order valence-electron chi connectivity index (χ0n) is 14.7. The molecule has 2 aromatic heterocycles. The molecule has 1 N–H and O–H groups in total. The first kappa shape index (κ1) is 17.3. The molecular weight excluding hydrogens is 352 g/mol. The van der Waals surface area contributed by atoms with Gasteiger partial charge in [0.15, 0.2) is 0 Å². The predicted octanol–water partition coefficient (Wildman–Crippen LogP) is 2.08. The summed E-state index contributed by atoms with van der Waals surface area (Å²) in [5.74, 6) is 0.957. The molecule has 0 fully saturated rings. The first-order valence-electron chi connectivity index (χ1n) is 8.66. The van der Waals surface area contributed by atoms with Gasteiger partial charge >= 0.3 is 0 Å². The van der Waals surface area contributed by atoms with Gasteiger partial charge < -0.3 is 4.42 Å². The number of nitrogens with one attached hydrogen (secondary N) is 1. The Morgan fingerprint density at radius 1 is 1.23 bits per heavy atom. The van der Waals surface area contributed by atoms with E-state index in [1.54, 1.807) is 0 Å². The van der Waals surface area contributed by atoms with Gasteiger partial charge in [-0.15, -0.1) is 0 Å². The van der Waals surface area contributed by atoms with Crippen LogP contribution in [0.2, 0.25) is 0 Å². The fourth-order valence-electron chi connectivity index (χ4n) is 3.35. The quantitative estimate of drug-likeness (QED) is 0.740. The molecule has 26 heavy (non-hydrogen) atoms. The molecule has 0 unspecified atom stereocenters. The van der Waals surface area contributed by atoms with Crippen LogP contribution in [0.15, 0.2) is 40.8 Å². The second kappa shape index (κ2) is 6.86. The van der Waals surface area contributed by atoms with Crippen LogP contribution in [0.3, 0.4) is 0 Å². The van der Waals surface area contributed by atoms with Crippen molar-refractivity contribution < 1.29 is 12.8 Å². The summed E-state index contributed by atoms with van der Waals surface area (Å²) in [4.78, 5) is 2.34.